The van der Waals surface area contributed by atoms with Crippen molar-refractivity contribution in [1.29, 1.82) is 0 Å². The topological polar surface area (TPSA) is 83.5 Å². The predicted molar refractivity (Wildman–Crippen MR) is 70.4 cm³/mol. The quantitative estimate of drug-likeness (QED) is 0.723. The fraction of sp³-hybridized carbons (Fsp3) is 0.500. The van der Waals surface area contributed by atoms with Crippen molar-refractivity contribution in [3.8, 4) is 5.75 Å². The summed E-state index contributed by atoms with van der Waals surface area (Å²) in [7, 11) is 0. The van der Waals surface area contributed by atoms with Crippen molar-refractivity contribution < 1.29 is 15.0 Å². The molecular weight excluding hydrogens is 230 g/mol. The first-order valence-electron chi connectivity index (χ1n) is 6.11. The molecule has 0 bridgehead atoms. The molecule has 100 valence electrons. The summed E-state index contributed by atoms with van der Waals surface area (Å²) in [4.78, 5) is 10.9. The van der Waals surface area contributed by atoms with Crippen molar-refractivity contribution in [1.82, 2.24) is 0 Å². The Morgan fingerprint density at radius 1 is 1.39 bits per heavy atom. The van der Waals surface area contributed by atoms with Crippen LogP contribution in [0.5, 0.6) is 5.75 Å². The van der Waals surface area contributed by atoms with Gasteiger partial charge < -0.3 is 15.9 Å². The van der Waals surface area contributed by atoms with Crippen LogP contribution in [0.3, 0.4) is 0 Å². The molecular formula is C14H21NO3. The molecule has 1 aromatic carbocycles. The summed E-state index contributed by atoms with van der Waals surface area (Å²) in [6.07, 6.45) is 2.20. The molecule has 4 heteroatoms. The maximum Gasteiger partial charge on any atom is 0.323 e. The van der Waals surface area contributed by atoms with Gasteiger partial charge in [0.15, 0.2) is 0 Å². The molecule has 0 amide bonds. The summed E-state index contributed by atoms with van der Waals surface area (Å²) in [5.41, 5.74) is 5.69. The largest absolute Gasteiger partial charge is 0.508 e. The van der Waals surface area contributed by atoms with Crippen molar-refractivity contribution in [2.24, 2.45) is 11.7 Å². The fourth-order valence-electron chi connectivity index (χ4n) is 1.99. The van der Waals surface area contributed by atoms with Crippen molar-refractivity contribution >= 4 is 5.97 Å². The Balaban J connectivity index is 2.44. The van der Waals surface area contributed by atoms with E-state index in [0.29, 0.717) is 6.42 Å². The van der Waals surface area contributed by atoms with Crippen molar-refractivity contribution in [2.75, 3.05) is 0 Å². The monoisotopic (exact) mass is 251 g/mol. The number of nitrogens with two attached hydrogens (primary N) is 1. The molecule has 2 unspecified atom stereocenters. The molecule has 0 aliphatic carbocycles. The molecule has 4 N–H and O–H groups in total. The number of carboxylic acids is 1. The molecule has 18 heavy (non-hydrogen) atoms. The van der Waals surface area contributed by atoms with Crippen LogP contribution < -0.4 is 5.73 Å². The lowest BCUT2D eigenvalue weighted by Crippen LogP contribution is -2.46. The van der Waals surface area contributed by atoms with Gasteiger partial charge in [-0.05, 0) is 49.8 Å². The Hall–Kier alpha value is -1.55. The third kappa shape index (κ3) is 4.37. The van der Waals surface area contributed by atoms with Gasteiger partial charge in [-0.1, -0.05) is 19.1 Å². The normalized spacial score (nSPS) is 15.9. The van der Waals surface area contributed by atoms with Gasteiger partial charge in [0, 0.05) is 0 Å². The highest BCUT2D eigenvalue weighted by atomic mass is 16.4. The lowest BCUT2D eigenvalue weighted by Gasteiger charge is -2.23. The maximum absolute atomic E-state index is 10.9. The number of aromatic hydroxyl groups is 1. The highest BCUT2D eigenvalue weighted by Gasteiger charge is 2.29. The highest BCUT2D eigenvalue weighted by molar-refractivity contribution is 5.77. The van der Waals surface area contributed by atoms with Gasteiger partial charge in [-0.3, -0.25) is 4.79 Å². The fourth-order valence-corrected chi connectivity index (χ4v) is 1.99. The summed E-state index contributed by atoms with van der Waals surface area (Å²) >= 11 is 0. The van der Waals surface area contributed by atoms with Crippen LogP contribution >= 0.6 is 0 Å². The molecule has 2 atom stereocenters. The van der Waals surface area contributed by atoms with Crippen molar-refractivity contribution in [2.45, 2.75) is 38.6 Å². The van der Waals surface area contributed by atoms with E-state index < -0.39 is 11.5 Å². The van der Waals surface area contributed by atoms with Crippen LogP contribution in [0, 0.1) is 5.92 Å². The van der Waals surface area contributed by atoms with Gasteiger partial charge >= 0.3 is 5.97 Å². The van der Waals surface area contributed by atoms with Gasteiger partial charge in [-0.15, -0.1) is 0 Å². The number of benzene rings is 1. The zero-order chi connectivity index (χ0) is 13.8. The average molecular weight is 251 g/mol. The van der Waals surface area contributed by atoms with Crippen LogP contribution in [-0.4, -0.2) is 21.7 Å². The van der Waals surface area contributed by atoms with Gasteiger partial charge in [0.05, 0.1) is 0 Å². The van der Waals surface area contributed by atoms with Crippen LogP contribution in [0.1, 0.15) is 32.3 Å². The number of hydrogen-bond acceptors (Lipinski definition) is 3. The molecule has 0 spiro atoms. The van der Waals surface area contributed by atoms with Gasteiger partial charge in [-0.25, -0.2) is 0 Å². The first kappa shape index (κ1) is 14.5. The van der Waals surface area contributed by atoms with Gasteiger partial charge in [0.2, 0.25) is 0 Å². The predicted octanol–water partition coefficient (Wildman–Crippen LogP) is 2.15. The molecule has 0 aliphatic rings. The Kier molecular flexibility index (Phi) is 4.73. The number of hydrogen-bond donors (Lipinski definition) is 3. The lowest BCUT2D eigenvalue weighted by atomic mass is 9.87. The van der Waals surface area contributed by atoms with E-state index in [1.807, 2.05) is 19.1 Å². The molecule has 0 saturated heterocycles. The van der Waals surface area contributed by atoms with E-state index in [4.69, 9.17) is 15.9 Å². The van der Waals surface area contributed by atoms with E-state index >= 15 is 0 Å². The number of carboxylic acid groups (broad SMARTS) is 1. The third-order valence-corrected chi connectivity index (χ3v) is 3.12. The molecule has 1 aromatic rings. The second kappa shape index (κ2) is 5.87. The molecule has 0 fully saturated rings. The number of aryl methyl sites for hydroxylation is 1. The summed E-state index contributed by atoms with van der Waals surface area (Å²) in [6, 6.07) is 7.07. The zero-order valence-corrected chi connectivity index (χ0v) is 10.9. The molecule has 0 heterocycles. The van der Waals surface area contributed by atoms with Gasteiger partial charge in [0.1, 0.15) is 11.3 Å². The Bertz CT molecular complexity index is 398. The molecule has 1 rings (SSSR count). The first-order valence-corrected chi connectivity index (χ1v) is 6.11. The van der Waals surface area contributed by atoms with E-state index in [-0.39, 0.29) is 11.7 Å². The van der Waals surface area contributed by atoms with E-state index in [9.17, 15) is 4.79 Å². The number of phenols is 1. The van der Waals surface area contributed by atoms with Crippen LogP contribution in [0.2, 0.25) is 0 Å². The minimum Gasteiger partial charge on any atom is -0.508 e. The van der Waals surface area contributed by atoms with Gasteiger partial charge in [-0.2, -0.15) is 0 Å². The third-order valence-electron chi connectivity index (χ3n) is 3.12. The second-order valence-electron chi connectivity index (χ2n) is 5.24. The van der Waals surface area contributed by atoms with Crippen molar-refractivity contribution in [3.05, 3.63) is 29.8 Å². The Morgan fingerprint density at radius 3 is 2.44 bits per heavy atom. The molecule has 0 saturated carbocycles. The number of rotatable bonds is 6. The molecule has 0 radical (unpaired) electrons. The van der Waals surface area contributed by atoms with Crippen molar-refractivity contribution in [3.63, 3.8) is 0 Å². The first-order chi connectivity index (χ1) is 8.31. The summed E-state index contributed by atoms with van der Waals surface area (Å²) < 4.78 is 0. The number of phenolic OH excluding ortho intramolecular Hbond substituents is 1. The highest BCUT2D eigenvalue weighted by Crippen LogP contribution is 2.20. The smallest absolute Gasteiger partial charge is 0.323 e. The minimum atomic E-state index is -1.16. The summed E-state index contributed by atoms with van der Waals surface area (Å²) in [5, 5.41) is 18.1. The van der Waals surface area contributed by atoms with Crippen LogP contribution in [0.4, 0.5) is 0 Å². The molecule has 0 aromatic heterocycles. The maximum atomic E-state index is 10.9. The van der Waals surface area contributed by atoms with Crippen LogP contribution in [0.15, 0.2) is 24.3 Å². The summed E-state index contributed by atoms with van der Waals surface area (Å²) in [5.74, 6) is -0.462. The minimum absolute atomic E-state index is 0.241. The number of carbonyl (C=O) groups is 1. The molecule has 0 aliphatic heterocycles. The number of aliphatic carboxylic acids is 1. The van der Waals surface area contributed by atoms with E-state index in [1.165, 1.54) is 0 Å². The standard InChI is InChI=1S/C14H21NO3/c1-10(9-14(2,15)13(17)18)3-4-11-5-7-12(16)8-6-11/h5-8,10,16H,3-4,9,15H2,1-2H3,(H,17,18). The zero-order valence-electron chi connectivity index (χ0n) is 10.9. The molecule has 4 nitrogen and oxygen atoms in total. The SMILES string of the molecule is CC(CCc1ccc(O)cc1)CC(C)(N)C(=O)O. The second-order valence-corrected chi connectivity index (χ2v) is 5.24. The van der Waals surface area contributed by atoms with E-state index in [1.54, 1.807) is 19.1 Å². The van der Waals surface area contributed by atoms with E-state index in [0.717, 1.165) is 18.4 Å². The van der Waals surface area contributed by atoms with Crippen LogP contribution in [-0.2, 0) is 11.2 Å². The van der Waals surface area contributed by atoms with Crippen LogP contribution in [0.25, 0.3) is 0 Å². The average Bonchev–Trinajstić information content (AvgIpc) is 2.27. The van der Waals surface area contributed by atoms with Gasteiger partial charge in [0.25, 0.3) is 0 Å². The lowest BCUT2D eigenvalue weighted by molar-refractivity contribution is -0.143. The Morgan fingerprint density at radius 2 is 1.94 bits per heavy atom. The Labute approximate surface area is 107 Å². The summed E-state index contributed by atoms with van der Waals surface area (Å²) in [6.45, 7) is 3.56. The van der Waals surface area contributed by atoms with E-state index in [2.05, 4.69) is 0 Å².